The van der Waals surface area contributed by atoms with Gasteiger partial charge in [0.2, 0.25) is 0 Å². The van der Waals surface area contributed by atoms with Crippen LogP contribution in [0.15, 0.2) is 152 Å². The maximum atomic E-state index is 4.49. The fraction of sp³-hybridized carbons (Fsp3) is 0.0909. The molecule has 0 aliphatic heterocycles. The van der Waals surface area contributed by atoms with E-state index in [-0.39, 0.29) is 5.41 Å². The van der Waals surface area contributed by atoms with Crippen LogP contribution in [0.3, 0.4) is 0 Å². The van der Waals surface area contributed by atoms with Gasteiger partial charge in [0.15, 0.2) is 0 Å². The minimum Gasteiger partial charge on any atom is -0.0911 e. The van der Waals surface area contributed by atoms with Crippen molar-refractivity contribution < 1.29 is 0 Å². The van der Waals surface area contributed by atoms with Crippen LogP contribution < -0.4 is 0 Å². The van der Waals surface area contributed by atoms with Crippen LogP contribution in [-0.4, -0.2) is 0 Å². The van der Waals surface area contributed by atoms with E-state index in [1.807, 2.05) is 0 Å². The third-order valence-corrected chi connectivity index (χ3v) is 9.71. The molecule has 0 amide bonds. The maximum absolute atomic E-state index is 4.49. The van der Waals surface area contributed by atoms with Crippen LogP contribution in [0.25, 0.3) is 59.8 Å². The molecule has 1 aliphatic rings. The van der Waals surface area contributed by atoms with E-state index in [1.165, 1.54) is 76.5 Å². The third-order valence-electron chi connectivity index (χ3n) is 9.71. The van der Waals surface area contributed by atoms with Gasteiger partial charge in [-0.1, -0.05) is 159 Å². The highest BCUT2D eigenvalue weighted by Crippen LogP contribution is 2.42. The molecule has 0 heterocycles. The number of fused-ring (bicyclic) bond motifs is 1. The van der Waals surface area contributed by atoms with Gasteiger partial charge in [0.25, 0.3) is 0 Å². The highest BCUT2D eigenvalue weighted by Gasteiger charge is 2.26. The Hall–Kier alpha value is -5.20. The summed E-state index contributed by atoms with van der Waals surface area (Å²) in [5.74, 6) is 0. The fourth-order valence-electron chi connectivity index (χ4n) is 7.20. The molecule has 7 aromatic carbocycles. The Kier molecular flexibility index (Phi) is 6.13. The molecule has 0 spiro atoms. The van der Waals surface area contributed by atoms with Crippen molar-refractivity contribution in [2.24, 2.45) is 0 Å². The Bertz CT molecular complexity index is 2320. The molecule has 1 unspecified atom stereocenters. The first-order valence-electron chi connectivity index (χ1n) is 15.5. The largest absolute Gasteiger partial charge is 0.0911 e. The molecular formula is C44H34. The topological polar surface area (TPSA) is 0 Å². The normalized spacial score (nSPS) is 17.1. The van der Waals surface area contributed by atoms with Gasteiger partial charge >= 0.3 is 0 Å². The van der Waals surface area contributed by atoms with E-state index >= 15 is 0 Å². The van der Waals surface area contributed by atoms with Crippen molar-refractivity contribution in [3.63, 3.8) is 0 Å². The second-order valence-electron chi connectivity index (χ2n) is 12.5. The quantitative estimate of drug-likeness (QED) is 0.145. The molecule has 0 bridgehead atoms. The molecule has 1 atom stereocenters. The van der Waals surface area contributed by atoms with Gasteiger partial charge in [0.1, 0.15) is 0 Å². The zero-order chi connectivity index (χ0) is 29.8. The summed E-state index contributed by atoms with van der Waals surface area (Å²) in [6.45, 7) is 9.02. The first kappa shape index (κ1) is 26.4. The molecule has 0 saturated carbocycles. The number of allylic oxidation sites excluding steroid dienone is 7. The predicted octanol–water partition coefficient (Wildman–Crippen LogP) is 12.2. The van der Waals surface area contributed by atoms with E-state index in [0.29, 0.717) is 0 Å². The van der Waals surface area contributed by atoms with Gasteiger partial charge in [-0.25, -0.2) is 0 Å². The van der Waals surface area contributed by atoms with Crippen molar-refractivity contribution >= 4 is 59.8 Å². The van der Waals surface area contributed by atoms with Gasteiger partial charge in [0.05, 0.1) is 0 Å². The first-order chi connectivity index (χ1) is 21.5. The van der Waals surface area contributed by atoms with Crippen LogP contribution in [0, 0.1) is 0 Å². The standard InChI is InChI=1S/C44H34/c1-29(27-30(2)38-16-8-10-31-9-4-5-15-39(31)38)36-13-7-14-37(28-36)44(3)25-23-32(24-26-44)40-21-19-35-18-17-33-11-6-12-34-20-22-41(40)43(35)42(33)34/h4-25,27-28H,1,26H2,2-3H3/b30-27+. The molecule has 0 fully saturated rings. The number of benzene rings is 7. The summed E-state index contributed by atoms with van der Waals surface area (Å²) in [6.07, 6.45) is 10.3. The van der Waals surface area contributed by atoms with E-state index in [2.05, 4.69) is 166 Å². The van der Waals surface area contributed by atoms with E-state index < -0.39 is 0 Å². The van der Waals surface area contributed by atoms with Crippen LogP contribution in [0.4, 0.5) is 0 Å². The van der Waals surface area contributed by atoms with E-state index in [4.69, 9.17) is 0 Å². The molecule has 8 rings (SSSR count). The average molecular weight is 563 g/mol. The van der Waals surface area contributed by atoms with Crippen LogP contribution in [0.5, 0.6) is 0 Å². The fourth-order valence-corrected chi connectivity index (χ4v) is 7.20. The molecule has 1 aliphatic carbocycles. The van der Waals surface area contributed by atoms with Crippen molar-refractivity contribution in [3.05, 3.63) is 174 Å². The summed E-state index contributed by atoms with van der Waals surface area (Å²) in [5.41, 5.74) is 8.52. The SMILES string of the molecule is C=C(/C=C(\C)c1cccc2ccccc12)c1cccc(C2(C)C=CC(c3ccc4ccc5cccc6ccc3c4c56)=CC2)c1. The van der Waals surface area contributed by atoms with Crippen LogP contribution >= 0.6 is 0 Å². The molecule has 0 heteroatoms. The van der Waals surface area contributed by atoms with Crippen molar-refractivity contribution in [1.29, 1.82) is 0 Å². The van der Waals surface area contributed by atoms with E-state index in [9.17, 15) is 0 Å². The molecule has 44 heavy (non-hydrogen) atoms. The van der Waals surface area contributed by atoms with Crippen molar-refractivity contribution in [3.8, 4) is 0 Å². The summed E-state index contributed by atoms with van der Waals surface area (Å²) >= 11 is 0. The Labute approximate surface area is 259 Å². The minimum absolute atomic E-state index is 0.0854. The third kappa shape index (κ3) is 4.29. The summed E-state index contributed by atoms with van der Waals surface area (Å²) in [4.78, 5) is 0. The zero-order valence-corrected chi connectivity index (χ0v) is 25.3. The first-order valence-corrected chi connectivity index (χ1v) is 15.5. The van der Waals surface area contributed by atoms with E-state index in [0.717, 1.165) is 12.0 Å². The Morgan fingerprint density at radius 1 is 0.682 bits per heavy atom. The lowest BCUT2D eigenvalue weighted by Gasteiger charge is -2.29. The van der Waals surface area contributed by atoms with Gasteiger partial charge < -0.3 is 0 Å². The highest BCUT2D eigenvalue weighted by molar-refractivity contribution is 6.24. The number of hydrogen-bond donors (Lipinski definition) is 0. The van der Waals surface area contributed by atoms with Gasteiger partial charge in [-0.05, 0) is 95.4 Å². The van der Waals surface area contributed by atoms with Crippen LogP contribution in [0.2, 0.25) is 0 Å². The average Bonchev–Trinajstić information content (AvgIpc) is 3.07. The Morgan fingerprint density at radius 2 is 1.36 bits per heavy atom. The second-order valence-corrected chi connectivity index (χ2v) is 12.5. The summed E-state index contributed by atoms with van der Waals surface area (Å²) in [5, 5.41) is 10.5. The maximum Gasteiger partial charge on any atom is 0.0142 e. The molecule has 0 aromatic heterocycles. The smallest absolute Gasteiger partial charge is 0.0142 e. The minimum atomic E-state index is -0.0854. The van der Waals surface area contributed by atoms with Crippen LogP contribution in [0.1, 0.15) is 42.5 Å². The van der Waals surface area contributed by atoms with Crippen molar-refractivity contribution in [2.75, 3.05) is 0 Å². The summed E-state index contributed by atoms with van der Waals surface area (Å²) in [7, 11) is 0. The second kappa shape index (κ2) is 10.2. The lowest BCUT2D eigenvalue weighted by Crippen LogP contribution is -2.20. The van der Waals surface area contributed by atoms with Gasteiger partial charge in [-0.15, -0.1) is 0 Å². The van der Waals surface area contributed by atoms with Crippen molar-refractivity contribution in [1.82, 2.24) is 0 Å². The monoisotopic (exact) mass is 562 g/mol. The van der Waals surface area contributed by atoms with Crippen molar-refractivity contribution in [2.45, 2.75) is 25.7 Å². The number of hydrogen-bond acceptors (Lipinski definition) is 0. The molecule has 7 aromatic rings. The summed E-state index contributed by atoms with van der Waals surface area (Å²) < 4.78 is 0. The lowest BCUT2D eigenvalue weighted by atomic mass is 9.74. The van der Waals surface area contributed by atoms with Gasteiger partial charge in [0, 0.05) is 5.41 Å². The summed E-state index contributed by atoms with van der Waals surface area (Å²) in [6, 6.07) is 44.3. The van der Waals surface area contributed by atoms with E-state index in [1.54, 1.807) is 0 Å². The van der Waals surface area contributed by atoms with Gasteiger partial charge in [-0.2, -0.15) is 0 Å². The zero-order valence-electron chi connectivity index (χ0n) is 25.3. The molecular weight excluding hydrogens is 528 g/mol. The molecule has 0 nitrogen and oxygen atoms in total. The van der Waals surface area contributed by atoms with Crippen LogP contribution in [-0.2, 0) is 5.41 Å². The molecule has 0 radical (unpaired) electrons. The Morgan fingerprint density at radius 3 is 2.18 bits per heavy atom. The lowest BCUT2D eigenvalue weighted by molar-refractivity contribution is 0.601. The molecule has 0 N–H and O–H groups in total. The molecule has 210 valence electrons. The Balaban J connectivity index is 1.10. The highest BCUT2D eigenvalue weighted by atomic mass is 14.3. The number of rotatable bonds is 5. The predicted molar refractivity (Wildman–Crippen MR) is 192 cm³/mol. The van der Waals surface area contributed by atoms with Gasteiger partial charge in [-0.3, -0.25) is 0 Å². The molecule has 0 saturated heterocycles.